The van der Waals surface area contributed by atoms with E-state index in [0.29, 0.717) is 0 Å². The molecule has 1 unspecified atom stereocenters. The minimum Gasteiger partial charge on any atom is -0.0776 e. The lowest BCUT2D eigenvalue weighted by molar-refractivity contribution is 0.869. The fourth-order valence-electron chi connectivity index (χ4n) is 4.72. The summed E-state index contributed by atoms with van der Waals surface area (Å²) in [5.74, 6) is 0. The van der Waals surface area contributed by atoms with Crippen LogP contribution in [-0.4, -0.2) is 8.07 Å². The van der Waals surface area contributed by atoms with Gasteiger partial charge in [0.1, 0.15) is 8.07 Å². The van der Waals surface area contributed by atoms with Crippen molar-refractivity contribution in [3.05, 3.63) is 50.2 Å². The monoisotopic (exact) mass is 340 g/mol. The van der Waals surface area contributed by atoms with Gasteiger partial charge in [0, 0.05) is 0 Å². The summed E-state index contributed by atoms with van der Waals surface area (Å²) in [6.45, 7) is 21.4. The van der Waals surface area contributed by atoms with Gasteiger partial charge in [0.25, 0.3) is 0 Å². The van der Waals surface area contributed by atoms with Crippen molar-refractivity contribution < 1.29 is 0 Å². The van der Waals surface area contributed by atoms with Crippen LogP contribution in [0.4, 0.5) is 0 Å². The molecule has 0 aliphatic heterocycles. The number of unbranched alkanes of at least 4 members (excludes halogenated alkanes) is 1. The largest absolute Gasteiger partial charge is 0.112 e. The molecule has 0 amide bonds. The second-order valence-electron chi connectivity index (χ2n) is 8.13. The zero-order valence-corrected chi connectivity index (χ0v) is 18.4. The predicted molar refractivity (Wildman–Crippen MR) is 112 cm³/mol. The van der Waals surface area contributed by atoms with Crippen molar-refractivity contribution in [1.82, 2.24) is 0 Å². The maximum Gasteiger partial charge on any atom is 0.112 e. The summed E-state index contributed by atoms with van der Waals surface area (Å²) in [5, 5.41) is 3.54. The lowest BCUT2D eigenvalue weighted by Crippen LogP contribution is -2.50. The molecule has 0 bridgehead atoms. The highest BCUT2D eigenvalue weighted by Gasteiger charge is 2.38. The van der Waals surface area contributed by atoms with Crippen LogP contribution in [0.25, 0.3) is 0 Å². The third-order valence-electron chi connectivity index (χ3n) is 6.90. The molecule has 24 heavy (non-hydrogen) atoms. The van der Waals surface area contributed by atoms with Gasteiger partial charge in [-0.05, 0) is 93.9 Å². The van der Waals surface area contributed by atoms with Crippen LogP contribution in [0, 0.1) is 34.6 Å². The van der Waals surface area contributed by atoms with Crippen LogP contribution in [0.1, 0.15) is 67.9 Å². The first-order chi connectivity index (χ1) is 11.2. The minimum atomic E-state index is -1.67. The van der Waals surface area contributed by atoms with E-state index in [1.807, 2.05) is 0 Å². The molecule has 1 aliphatic carbocycles. The molecule has 1 aromatic rings. The number of allylic oxidation sites excluding steroid dienone is 4. The van der Waals surface area contributed by atoms with Gasteiger partial charge in [0.15, 0.2) is 0 Å². The summed E-state index contributed by atoms with van der Waals surface area (Å²) >= 11 is 0. The van der Waals surface area contributed by atoms with Crippen molar-refractivity contribution in [2.24, 2.45) is 0 Å². The third kappa shape index (κ3) is 2.96. The number of benzene rings is 1. The molecule has 132 valence electrons. The molecule has 1 aromatic carbocycles. The van der Waals surface area contributed by atoms with Gasteiger partial charge in [-0.25, -0.2) is 0 Å². The van der Waals surface area contributed by atoms with Crippen molar-refractivity contribution >= 4 is 13.3 Å². The summed E-state index contributed by atoms with van der Waals surface area (Å²) in [6, 6.07) is 1.39. The molecule has 1 heteroatoms. The highest BCUT2D eigenvalue weighted by Crippen LogP contribution is 2.37. The van der Waals surface area contributed by atoms with E-state index >= 15 is 0 Å². The van der Waals surface area contributed by atoms with Crippen molar-refractivity contribution in [3.8, 4) is 0 Å². The first-order valence-corrected chi connectivity index (χ1v) is 12.3. The van der Waals surface area contributed by atoms with E-state index in [4.69, 9.17) is 0 Å². The molecular weight excluding hydrogens is 304 g/mol. The molecule has 0 nitrogen and oxygen atoms in total. The van der Waals surface area contributed by atoms with E-state index < -0.39 is 8.07 Å². The molecule has 0 radical (unpaired) electrons. The second-order valence-corrected chi connectivity index (χ2v) is 12.4. The molecule has 0 saturated carbocycles. The van der Waals surface area contributed by atoms with E-state index in [9.17, 15) is 0 Å². The standard InChI is InChI=1S/C23H36Si/c1-10-11-14-24(9,22-13-12-15(2)16(22)3)23-20(7)18(5)17(4)19(6)21(23)8/h12H,10-11,13-14H2,1-9H3. The highest BCUT2D eigenvalue weighted by atomic mass is 28.3. The van der Waals surface area contributed by atoms with Crippen LogP contribution in [0.5, 0.6) is 0 Å². The zero-order chi connectivity index (χ0) is 18.2. The van der Waals surface area contributed by atoms with Gasteiger partial charge in [-0.2, -0.15) is 0 Å². The lowest BCUT2D eigenvalue weighted by Gasteiger charge is -2.36. The van der Waals surface area contributed by atoms with E-state index in [1.54, 1.807) is 27.1 Å². The van der Waals surface area contributed by atoms with Crippen LogP contribution in [-0.2, 0) is 0 Å². The maximum absolute atomic E-state index is 2.65. The van der Waals surface area contributed by atoms with Gasteiger partial charge in [-0.15, -0.1) is 0 Å². The average molecular weight is 341 g/mol. The average Bonchev–Trinajstić information content (AvgIpc) is 2.89. The van der Waals surface area contributed by atoms with Gasteiger partial charge in [0.05, 0.1) is 0 Å². The Morgan fingerprint density at radius 2 is 1.33 bits per heavy atom. The van der Waals surface area contributed by atoms with Crippen molar-refractivity contribution in [1.29, 1.82) is 0 Å². The van der Waals surface area contributed by atoms with E-state index in [1.165, 1.54) is 47.6 Å². The Bertz CT molecular complexity index is 689. The summed E-state index contributed by atoms with van der Waals surface area (Å²) in [6.07, 6.45) is 6.29. The molecule has 2 rings (SSSR count). The van der Waals surface area contributed by atoms with E-state index in [-0.39, 0.29) is 0 Å². The summed E-state index contributed by atoms with van der Waals surface area (Å²) in [7, 11) is -1.67. The Hall–Kier alpha value is -1.08. The fraction of sp³-hybridized carbons (Fsp3) is 0.565. The molecule has 0 N–H and O–H groups in total. The van der Waals surface area contributed by atoms with Crippen molar-refractivity contribution in [3.63, 3.8) is 0 Å². The fourth-order valence-corrected chi connectivity index (χ4v) is 10.2. The molecule has 0 heterocycles. The summed E-state index contributed by atoms with van der Waals surface area (Å²) < 4.78 is 0. The van der Waals surface area contributed by atoms with Gasteiger partial charge in [-0.1, -0.05) is 48.7 Å². The van der Waals surface area contributed by atoms with Gasteiger partial charge in [-0.3, -0.25) is 0 Å². The van der Waals surface area contributed by atoms with Gasteiger partial charge in [0.2, 0.25) is 0 Å². The topological polar surface area (TPSA) is 0 Å². The zero-order valence-electron chi connectivity index (χ0n) is 17.4. The molecule has 1 atom stereocenters. The van der Waals surface area contributed by atoms with Crippen molar-refractivity contribution in [2.75, 3.05) is 0 Å². The van der Waals surface area contributed by atoms with E-state index in [0.717, 1.165) is 0 Å². The molecule has 0 spiro atoms. The predicted octanol–water partition coefficient (Wildman–Crippen LogP) is 6.52. The van der Waals surface area contributed by atoms with Gasteiger partial charge >= 0.3 is 0 Å². The third-order valence-corrected chi connectivity index (χ3v) is 12.0. The Kier molecular flexibility index (Phi) is 5.64. The summed E-state index contributed by atoms with van der Waals surface area (Å²) in [5.41, 5.74) is 10.8. The van der Waals surface area contributed by atoms with Gasteiger partial charge < -0.3 is 0 Å². The van der Waals surface area contributed by atoms with Crippen LogP contribution in [0.15, 0.2) is 22.4 Å². The van der Waals surface area contributed by atoms with Crippen molar-refractivity contribution in [2.45, 2.75) is 87.2 Å². The number of rotatable bonds is 5. The van der Waals surface area contributed by atoms with Crippen LogP contribution >= 0.6 is 0 Å². The Balaban J connectivity index is 2.76. The maximum atomic E-state index is 2.65. The SMILES string of the molecule is CCCC[Si](C)(C1=C(C)C(C)=CC1)c1c(C)c(C)c(C)c(C)c1C. The van der Waals surface area contributed by atoms with Crippen LogP contribution < -0.4 is 5.19 Å². The Labute approximate surface area is 151 Å². The first-order valence-electron chi connectivity index (χ1n) is 9.61. The highest BCUT2D eigenvalue weighted by molar-refractivity contribution is 6.97. The number of hydrogen-bond donors (Lipinski definition) is 0. The molecule has 1 aliphatic rings. The molecular formula is C23H36Si. The molecule has 0 fully saturated rings. The smallest absolute Gasteiger partial charge is 0.0776 e. The molecule has 0 aromatic heterocycles. The minimum absolute atomic E-state index is 1.19. The Morgan fingerprint density at radius 3 is 1.75 bits per heavy atom. The normalized spacial score (nSPS) is 17.3. The van der Waals surface area contributed by atoms with Crippen LogP contribution in [0.2, 0.25) is 12.6 Å². The molecule has 0 saturated heterocycles. The number of hydrogen-bond acceptors (Lipinski definition) is 0. The first kappa shape index (κ1) is 19.2. The Morgan fingerprint density at radius 1 is 0.833 bits per heavy atom. The lowest BCUT2D eigenvalue weighted by atomic mass is 9.95. The van der Waals surface area contributed by atoms with E-state index in [2.05, 4.69) is 68.0 Å². The summed E-state index contributed by atoms with van der Waals surface area (Å²) in [4.78, 5) is 0. The second kappa shape index (κ2) is 7.04. The van der Waals surface area contributed by atoms with Crippen LogP contribution in [0.3, 0.4) is 0 Å². The quantitative estimate of drug-likeness (QED) is 0.535.